The molecular weight excluding hydrogens is 246 g/mol. The third-order valence-electron chi connectivity index (χ3n) is 3.50. The van der Waals surface area contributed by atoms with Crippen LogP contribution in [0.4, 0.5) is 0 Å². The normalized spacial score (nSPS) is 11.0. The lowest BCUT2D eigenvalue weighted by Crippen LogP contribution is -1.91. The van der Waals surface area contributed by atoms with Gasteiger partial charge in [-0.3, -0.25) is 0 Å². The molecule has 0 amide bonds. The molecule has 0 aliphatic heterocycles. The number of fused-ring (bicyclic) bond motifs is 3. The lowest BCUT2D eigenvalue weighted by molar-refractivity contribution is 1.06. The van der Waals surface area contributed by atoms with E-state index in [4.69, 9.17) is 0 Å². The van der Waals surface area contributed by atoms with Gasteiger partial charge in [-0.05, 0) is 27.6 Å². The average molecular weight is 257 g/mol. The number of rotatable bonds is 1. The van der Waals surface area contributed by atoms with E-state index >= 15 is 0 Å². The Balaban J connectivity index is 2.19. The molecule has 20 heavy (non-hydrogen) atoms. The first-order valence-corrected chi connectivity index (χ1v) is 6.46. The van der Waals surface area contributed by atoms with Crippen molar-refractivity contribution < 1.29 is 0 Å². The summed E-state index contributed by atoms with van der Waals surface area (Å²) in [5, 5.41) is 4.83. The molecule has 0 atom stereocenters. The fourth-order valence-corrected chi connectivity index (χ4v) is 2.62. The Morgan fingerprint density at radius 1 is 0.650 bits per heavy atom. The molecule has 4 rings (SSSR count). The number of hydrogen-bond acceptors (Lipinski definition) is 3. The third kappa shape index (κ3) is 1.64. The highest BCUT2D eigenvalue weighted by atomic mass is 15.0. The van der Waals surface area contributed by atoms with E-state index < -0.39 is 0 Å². The van der Waals surface area contributed by atoms with Crippen molar-refractivity contribution in [2.24, 2.45) is 0 Å². The number of benzene rings is 3. The van der Waals surface area contributed by atoms with Crippen LogP contribution in [0.15, 0.2) is 67.3 Å². The highest BCUT2D eigenvalue weighted by Gasteiger charge is 2.09. The molecular formula is C17H11N3. The van der Waals surface area contributed by atoms with Crippen LogP contribution in [-0.2, 0) is 0 Å². The van der Waals surface area contributed by atoms with Crippen LogP contribution in [0.1, 0.15) is 0 Å². The van der Waals surface area contributed by atoms with Crippen molar-refractivity contribution in [2.45, 2.75) is 0 Å². The van der Waals surface area contributed by atoms with Gasteiger partial charge in [0.05, 0.1) is 0 Å². The largest absolute Gasteiger partial charge is 0.225 e. The van der Waals surface area contributed by atoms with Crippen LogP contribution in [0.3, 0.4) is 0 Å². The summed E-state index contributed by atoms with van der Waals surface area (Å²) in [6, 6.07) is 18.9. The smallest absolute Gasteiger partial charge is 0.163 e. The molecule has 0 bridgehead atoms. The molecule has 0 N–H and O–H groups in total. The van der Waals surface area contributed by atoms with Crippen molar-refractivity contribution in [3.8, 4) is 11.4 Å². The van der Waals surface area contributed by atoms with Gasteiger partial charge in [-0.15, -0.1) is 0 Å². The number of nitrogens with zero attached hydrogens (tertiary/aromatic N) is 3. The molecule has 4 aromatic rings. The second-order valence-electron chi connectivity index (χ2n) is 4.65. The maximum atomic E-state index is 4.28. The third-order valence-corrected chi connectivity index (χ3v) is 3.50. The van der Waals surface area contributed by atoms with Crippen molar-refractivity contribution in [1.82, 2.24) is 15.0 Å². The maximum absolute atomic E-state index is 4.28. The summed E-state index contributed by atoms with van der Waals surface area (Å²) >= 11 is 0. The molecule has 0 aliphatic rings. The van der Waals surface area contributed by atoms with Gasteiger partial charge < -0.3 is 0 Å². The van der Waals surface area contributed by atoms with E-state index in [9.17, 15) is 0 Å². The summed E-state index contributed by atoms with van der Waals surface area (Å²) in [7, 11) is 0. The van der Waals surface area contributed by atoms with Gasteiger partial charge >= 0.3 is 0 Å². The van der Waals surface area contributed by atoms with Crippen LogP contribution in [0.25, 0.3) is 32.9 Å². The monoisotopic (exact) mass is 257 g/mol. The van der Waals surface area contributed by atoms with E-state index in [0.29, 0.717) is 5.82 Å². The van der Waals surface area contributed by atoms with E-state index in [-0.39, 0.29) is 0 Å². The quantitative estimate of drug-likeness (QED) is 0.486. The van der Waals surface area contributed by atoms with Gasteiger partial charge in [0, 0.05) is 5.56 Å². The summed E-state index contributed by atoms with van der Waals surface area (Å²) in [4.78, 5) is 12.5. The molecule has 94 valence electrons. The first-order chi connectivity index (χ1) is 9.93. The predicted molar refractivity (Wildman–Crippen MR) is 80.3 cm³/mol. The number of hydrogen-bond donors (Lipinski definition) is 0. The van der Waals surface area contributed by atoms with Crippen LogP contribution < -0.4 is 0 Å². The van der Waals surface area contributed by atoms with Crippen molar-refractivity contribution in [2.75, 3.05) is 0 Å². The van der Waals surface area contributed by atoms with E-state index in [2.05, 4.69) is 57.4 Å². The fraction of sp³-hybridized carbons (Fsp3) is 0. The first kappa shape index (κ1) is 11.1. The van der Waals surface area contributed by atoms with Gasteiger partial charge in [-0.1, -0.05) is 48.5 Å². The van der Waals surface area contributed by atoms with Gasteiger partial charge in [0.2, 0.25) is 0 Å². The Hall–Kier alpha value is -2.81. The number of aromatic nitrogens is 3. The Kier molecular flexibility index (Phi) is 2.42. The maximum Gasteiger partial charge on any atom is 0.163 e. The van der Waals surface area contributed by atoms with Gasteiger partial charge in [-0.25, -0.2) is 15.0 Å². The van der Waals surface area contributed by atoms with Crippen molar-refractivity contribution >= 4 is 21.5 Å². The van der Waals surface area contributed by atoms with E-state index in [0.717, 1.165) is 10.9 Å². The Morgan fingerprint density at radius 2 is 1.30 bits per heavy atom. The molecule has 0 saturated carbocycles. The lowest BCUT2D eigenvalue weighted by atomic mass is 9.97. The van der Waals surface area contributed by atoms with E-state index in [1.54, 1.807) is 0 Å². The second-order valence-corrected chi connectivity index (χ2v) is 4.65. The van der Waals surface area contributed by atoms with Crippen molar-refractivity contribution in [3.05, 3.63) is 67.3 Å². The van der Waals surface area contributed by atoms with Crippen LogP contribution in [0.2, 0.25) is 0 Å². The van der Waals surface area contributed by atoms with Crippen LogP contribution in [0.5, 0.6) is 0 Å². The first-order valence-electron chi connectivity index (χ1n) is 6.46. The Bertz CT molecular complexity index is 901. The Labute approximate surface area is 116 Å². The molecule has 0 unspecified atom stereocenters. The zero-order valence-electron chi connectivity index (χ0n) is 10.7. The van der Waals surface area contributed by atoms with Crippen molar-refractivity contribution in [1.29, 1.82) is 0 Å². The molecule has 0 spiro atoms. The zero-order valence-corrected chi connectivity index (χ0v) is 10.7. The van der Waals surface area contributed by atoms with Gasteiger partial charge in [0.1, 0.15) is 12.7 Å². The summed E-state index contributed by atoms with van der Waals surface area (Å²) in [5.41, 5.74) is 1.04. The minimum Gasteiger partial charge on any atom is -0.225 e. The molecule has 0 aliphatic carbocycles. The van der Waals surface area contributed by atoms with Crippen molar-refractivity contribution in [3.63, 3.8) is 0 Å². The molecule has 0 saturated heterocycles. The van der Waals surface area contributed by atoms with Gasteiger partial charge in [-0.2, -0.15) is 0 Å². The Morgan fingerprint density at radius 3 is 2.10 bits per heavy atom. The molecule has 3 nitrogen and oxygen atoms in total. The zero-order chi connectivity index (χ0) is 13.4. The van der Waals surface area contributed by atoms with Gasteiger partial charge in [0.15, 0.2) is 5.82 Å². The van der Waals surface area contributed by atoms with E-state index in [1.165, 1.54) is 28.8 Å². The van der Waals surface area contributed by atoms with Crippen LogP contribution in [-0.4, -0.2) is 15.0 Å². The molecule has 1 heterocycles. The summed E-state index contributed by atoms with van der Waals surface area (Å²) in [5.74, 6) is 0.710. The summed E-state index contributed by atoms with van der Waals surface area (Å²) in [6.45, 7) is 0. The van der Waals surface area contributed by atoms with Crippen LogP contribution >= 0.6 is 0 Å². The van der Waals surface area contributed by atoms with Crippen LogP contribution in [0, 0.1) is 0 Å². The summed E-state index contributed by atoms with van der Waals surface area (Å²) in [6.07, 6.45) is 3.07. The highest BCUT2D eigenvalue weighted by molar-refractivity contribution is 6.13. The molecule has 1 aromatic heterocycles. The van der Waals surface area contributed by atoms with E-state index in [1.807, 2.05) is 12.1 Å². The summed E-state index contributed by atoms with van der Waals surface area (Å²) < 4.78 is 0. The predicted octanol–water partition coefficient (Wildman–Crippen LogP) is 3.85. The standard InChI is InChI=1S/C17H11N3/c1-2-6-13-12(5-1)9-16(17-19-10-18-11-20-17)15-8-4-3-7-14(13)15/h1-11H. The molecule has 3 heteroatoms. The fourth-order valence-electron chi connectivity index (χ4n) is 2.62. The minimum atomic E-state index is 0.710. The SMILES string of the molecule is c1ccc2c(c1)cc(-c1ncncn1)c1ccccc12. The molecule has 3 aromatic carbocycles. The molecule has 0 radical (unpaired) electrons. The minimum absolute atomic E-state index is 0.710. The topological polar surface area (TPSA) is 38.7 Å². The highest BCUT2D eigenvalue weighted by Crippen LogP contribution is 2.32. The second kappa shape index (κ2) is 4.38. The van der Waals surface area contributed by atoms with Gasteiger partial charge in [0.25, 0.3) is 0 Å². The average Bonchev–Trinajstić information content (AvgIpc) is 2.55. The molecule has 0 fully saturated rings. The lowest BCUT2D eigenvalue weighted by Gasteiger charge is -2.09.